The topological polar surface area (TPSA) is 85.2 Å². The molecule has 2 N–H and O–H groups in total. The van der Waals surface area contributed by atoms with Crippen molar-refractivity contribution in [1.82, 2.24) is 0 Å². The van der Waals surface area contributed by atoms with E-state index in [-0.39, 0.29) is 5.92 Å². The first kappa shape index (κ1) is 25.4. The van der Waals surface area contributed by atoms with E-state index in [9.17, 15) is 15.0 Å². The third kappa shape index (κ3) is 4.98. The lowest BCUT2D eigenvalue weighted by molar-refractivity contribution is -0.325. The second-order valence-electron chi connectivity index (χ2n) is 10.9. The molecular weight excluding hydrogens is 408 g/mol. The van der Waals surface area contributed by atoms with Gasteiger partial charge in [-0.25, -0.2) is 4.79 Å². The van der Waals surface area contributed by atoms with Crippen LogP contribution in [0.25, 0.3) is 0 Å². The van der Waals surface area contributed by atoms with E-state index >= 15 is 0 Å². The molecule has 0 aromatic heterocycles. The molecule has 0 aromatic rings. The van der Waals surface area contributed by atoms with Crippen molar-refractivity contribution < 1.29 is 29.2 Å². The molecule has 6 nitrogen and oxygen atoms in total. The molecule has 182 valence electrons. The maximum Gasteiger partial charge on any atom is 0.333 e. The predicted molar refractivity (Wildman–Crippen MR) is 123 cm³/mol. The average molecular weight is 451 g/mol. The second-order valence-corrected chi connectivity index (χ2v) is 10.9. The van der Waals surface area contributed by atoms with E-state index in [2.05, 4.69) is 13.5 Å². The summed E-state index contributed by atoms with van der Waals surface area (Å²) in [6.07, 6.45) is 3.24. The third-order valence-electron chi connectivity index (χ3n) is 8.35. The molecule has 1 heterocycles. The summed E-state index contributed by atoms with van der Waals surface area (Å²) >= 11 is 0. The summed E-state index contributed by atoms with van der Waals surface area (Å²) in [5.41, 5.74) is 1.53. The minimum atomic E-state index is -1.29. The van der Waals surface area contributed by atoms with Gasteiger partial charge in [0.25, 0.3) is 0 Å². The highest BCUT2D eigenvalue weighted by molar-refractivity contribution is 5.87. The number of ether oxygens (including phenoxy) is 3. The Kier molecular flexibility index (Phi) is 7.60. The van der Waals surface area contributed by atoms with Crippen molar-refractivity contribution in [2.24, 2.45) is 17.3 Å². The van der Waals surface area contributed by atoms with Crippen molar-refractivity contribution in [3.8, 4) is 0 Å². The molecule has 0 amide bonds. The molecule has 2 saturated carbocycles. The zero-order chi connectivity index (χ0) is 23.8. The number of aliphatic hydroxyl groups is 2. The molecule has 0 bridgehead atoms. The number of aliphatic hydroxyl groups excluding tert-OH is 2. The Labute approximate surface area is 193 Å². The molecule has 0 radical (unpaired) electrons. The van der Waals surface area contributed by atoms with Gasteiger partial charge in [-0.3, -0.25) is 0 Å². The molecule has 3 aliphatic rings. The largest absolute Gasteiger partial charge is 0.451 e. The van der Waals surface area contributed by atoms with Crippen LogP contribution in [0.4, 0.5) is 0 Å². The van der Waals surface area contributed by atoms with Gasteiger partial charge in [0.1, 0.15) is 12.2 Å². The van der Waals surface area contributed by atoms with Crippen LogP contribution in [0.15, 0.2) is 23.8 Å². The third-order valence-corrected chi connectivity index (χ3v) is 8.35. The molecule has 1 aliphatic heterocycles. The van der Waals surface area contributed by atoms with E-state index in [1.54, 1.807) is 26.8 Å². The fourth-order valence-corrected chi connectivity index (χ4v) is 5.80. The van der Waals surface area contributed by atoms with Gasteiger partial charge in [-0.05, 0) is 90.4 Å². The van der Waals surface area contributed by atoms with Crippen molar-refractivity contribution in [2.45, 2.75) is 116 Å². The summed E-state index contributed by atoms with van der Waals surface area (Å²) in [6, 6.07) is 0. The van der Waals surface area contributed by atoms with Gasteiger partial charge in [0.05, 0.1) is 11.7 Å². The summed E-state index contributed by atoms with van der Waals surface area (Å²) in [6.45, 7) is 16.0. The van der Waals surface area contributed by atoms with Crippen LogP contribution >= 0.6 is 0 Å². The summed E-state index contributed by atoms with van der Waals surface area (Å²) in [7, 11) is 0. The van der Waals surface area contributed by atoms with Gasteiger partial charge in [0, 0.05) is 5.57 Å². The smallest absolute Gasteiger partial charge is 0.333 e. The first-order valence-electron chi connectivity index (χ1n) is 12.1. The normalized spacial score (nSPS) is 41.2. The molecular formula is C26H42O6. The number of hydrogen-bond donors (Lipinski definition) is 2. The number of rotatable bonds is 5. The Hall–Kier alpha value is -1.21. The molecule has 2 aliphatic carbocycles. The molecule has 1 saturated heterocycles. The lowest BCUT2D eigenvalue weighted by atomic mass is 9.55. The van der Waals surface area contributed by atoms with Gasteiger partial charge < -0.3 is 24.4 Å². The Bertz CT molecular complexity index is 743. The minimum absolute atomic E-state index is 0.284. The first-order chi connectivity index (χ1) is 14.9. The van der Waals surface area contributed by atoms with Gasteiger partial charge in [0.2, 0.25) is 0 Å². The molecule has 8 atom stereocenters. The minimum Gasteiger partial charge on any atom is -0.451 e. The number of allylic oxidation sites excluding steroid dienone is 2. The summed E-state index contributed by atoms with van der Waals surface area (Å²) in [5, 5.41) is 21.0. The predicted octanol–water partition coefficient (Wildman–Crippen LogP) is 4.29. The number of esters is 1. The van der Waals surface area contributed by atoms with Crippen molar-refractivity contribution >= 4 is 5.97 Å². The van der Waals surface area contributed by atoms with Crippen molar-refractivity contribution in [3.05, 3.63) is 23.8 Å². The zero-order valence-electron chi connectivity index (χ0n) is 20.6. The summed E-state index contributed by atoms with van der Waals surface area (Å²) < 4.78 is 17.9. The Morgan fingerprint density at radius 3 is 2.62 bits per heavy atom. The van der Waals surface area contributed by atoms with Crippen molar-refractivity contribution in [3.63, 3.8) is 0 Å². The Balaban J connectivity index is 1.77. The number of fused-ring (bicyclic) bond motifs is 1. The van der Waals surface area contributed by atoms with Crippen LogP contribution in [0.5, 0.6) is 0 Å². The van der Waals surface area contributed by atoms with Gasteiger partial charge in [-0.1, -0.05) is 25.2 Å². The quantitative estimate of drug-likeness (QED) is 0.369. The lowest BCUT2D eigenvalue weighted by Crippen LogP contribution is -2.61. The lowest BCUT2D eigenvalue weighted by Gasteiger charge is -2.52. The fraction of sp³-hybridized carbons (Fsp3) is 0.808. The van der Waals surface area contributed by atoms with Crippen LogP contribution in [0.3, 0.4) is 0 Å². The van der Waals surface area contributed by atoms with Crippen molar-refractivity contribution in [2.75, 3.05) is 0 Å². The zero-order valence-corrected chi connectivity index (χ0v) is 20.6. The average Bonchev–Trinajstić information content (AvgIpc) is 2.73. The molecule has 32 heavy (non-hydrogen) atoms. The van der Waals surface area contributed by atoms with Crippen LogP contribution in [-0.4, -0.2) is 52.5 Å². The standard InChI is InChI=1S/C26H42O6/c1-8-15(2)23(29)31-22-21(28)20(27)17(4)30-24(22)32-25(5,6)18-11-13-26(7)12-9-10-16(3)19(26)14-18/h8,17-22,24,27-28H,3,9-14H2,1-2,4-7H3/b15-8-. The maximum atomic E-state index is 12.4. The van der Waals surface area contributed by atoms with Crippen LogP contribution in [0, 0.1) is 17.3 Å². The highest BCUT2D eigenvalue weighted by Gasteiger charge is 2.51. The van der Waals surface area contributed by atoms with E-state index in [0.29, 0.717) is 16.9 Å². The summed E-state index contributed by atoms with van der Waals surface area (Å²) in [4.78, 5) is 12.4. The highest BCUT2D eigenvalue weighted by Crippen LogP contribution is 2.55. The van der Waals surface area contributed by atoms with E-state index in [1.807, 2.05) is 13.8 Å². The molecule has 0 spiro atoms. The maximum absolute atomic E-state index is 12.4. The van der Waals surface area contributed by atoms with Crippen LogP contribution in [0.2, 0.25) is 0 Å². The van der Waals surface area contributed by atoms with Gasteiger partial charge in [-0.15, -0.1) is 0 Å². The van der Waals surface area contributed by atoms with Gasteiger partial charge in [-0.2, -0.15) is 0 Å². The van der Waals surface area contributed by atoms with E-state index in [0.717, 1.165) is 25.7 Å². The molecule has 6 heteroatoms. The first-order valence-corrected chi connectivity index (χ1v) is 12.1. The molecule has 0 aromatic carbocycles. The van der Waals surface area contributed by atoms with E-state index in [4.69, 9.17) is 14.2 Å². The summed E-state index contributed by atoms with van der Waals surface area (Å²) in [5.74, 6) is 0.217. The number of hydrogen-bond acceptors (Lipinski definition) is 6. The van der Waals surface area contributed by atoms with Crippen LogP contribution in [0.1, 0.15) is 80.1 Å². The Morgan fingerprint density at radius 1 is 1.28 bits per heavy atom. The fourth-order valence-electron chi connectivity index (χ4n) is 5.80. The van der Waals surface area contributed by atoms with Crippen LogP contribution < -0.4 is 0 Å². The Morgan fingerprint density at radius 2 is 1.97 bits per heavy atom. The number of carbonyl (C=O) groups excluding carboxylic acids is 1. The second kappa shape index (κ2) is 9.57. The van der Waals surface area contributed by atoms with E-state index in [1.165, 1.54) is 18.4 Å². The van der Waals surface area contributed by atoms with Crippen molar-refractivity contribution in [1.29, 1.82) is 0 Å². The SMILES string of the molecule is C=C1CCCC2(C)CCC(C(C)(C)OC3OC(C)C(O)C(O)C3OC(=O)/C(C)=C\C)CC12. The van der Waals surface area contributed by atoms with Crippen LogP contribution in [-0.2, 0) is 19.0 Å². The molecule has 3 fully saturated rings. The van der Waals surface area contributed by atoms with E-state index < -0.39 is 42.3 Å². The monoisotopic (exact) mass is 450 g/mol. The molecule has 3 rings (SSSR count). The highest BCUT2D eigenvalue weighted by atomic mass is 16.7. The number of carbonyl (C=O) groups is 1. The molecule has 8 unspecified atom stereocenters. The van der Waals surface area contributed by atoms with Gasteiger partial charge in [0.15, 0.2) is 12.4 Å². The van der Waals surface area contributed by atoms with Gasteiger partial charge >= 0.3 is 5.97 Å².